The number of nitrogens with one attached hydrogen (secondary N) is 1. The molecular weight excluding hydrogens is 326 g/mol. The molecule has 0 spiro atoms. The standard InChI is InChI=1S/C21H23N3O2/c1-13(22)20(25)23-24-19-9-5-4-8-17(19)15-6-2-3-7-16(15)18(21(24)26)12-14-10-11-14/h2-9,13-14,18H,10-12,22H2,1H3,(H,23,25)/t13-,18?/m0/s1. The van der Waals surface area contributed by atoms with Gasteiger partial charge in [-0.2, -0.15) is 0 Å². The first-order valence-electron chi connectivity index (χ1n) is 9.14. The van der Waals surface area contributed by atoms with Crippen molar-refractivity contribution < 1.29 is 9.59 Å². The van der Waals surface area contributed by atoms with Crippen molar-refractivity contribution in [3.63, 3.8) is 0 Å². The number of hydrogen-bond acceptors (Lipinski definition) is 3. The highest BCUT2D eigenvalue weighted by Gasteiger charge is 2.38. The zero-order valence-electron chi connectivity index (χ0n) is 14.8. The maximum absolute atomic E-state index is 13.5. The first kappa shape index (κ1) is 16.8. The van der Waals surface area contributed by atoms with Gasteiger partial charge in [-0.05, 0) is 36.5 Å². The number of anilines is 1. The summed E-state index contributed by atoms with van der Waals surface area (Å²) in [6.07, 6.45) is 3.16. The van der Waals surface area contributed by atoms with Crippen LogP contribution < -0.4 is 16.2 Å². The molecule has 0 aromatic heterocycles. The predicted molar refractivity (Wildman–Crippen MR) is 101 cm³/mol. The average Bonchev–Trinajstić information content (AvgIpc) is 3.48. The molecule has 1 fully saturated rings. The number of para-hydroxylation sites is 1. The molecule has 2 aliphatic rings. The van der Waals surface area contributed by atoms with Crippen LogP contribution in [0.25, 0.3) is 11.1 Å². The number of carbonyl (C=O) groups excluding carboxylic acids is 2. The Kier molecular flexibility index (Phi) is 4.24. The Hall–Kier alpha value is -2.66. The van der Waals surface area contributed by atoms with Crippen molar-refractivity contribution in [3.05, 3.63) is 54.1 Å². The third-order valence-electron chi connectivity index (χ3n) is 5.19. The van der Waals surface area contributed by atoms with Gasteiger partial charge < -0.3 is 5.73 Å². The highest BCUT2D eigenvalue weighted by Crippen LogP contribution is 2.45. The quantitative estimate of drug-likeness (QED) is 0.891. The molecule has 5 heteroatoms. The number of benzene rings is 2. The van der Waals surface area contributed by atoms with Crippen molar-refractivity contribution in [2.75, 3.05) is 5.01 Å². The topological polar surface area (TPSA) is 75.4 Å². The second kappa shape index (κ2) is 6.57. The number of hydrazine groups is 1. The largest absolute Gasteiger partial charge is 0.320 e. The van der Waals surface area contributed by atoms with E-state index in [1.165, 1.54) is 17.9 Å². The number of carbonyl (C=O) groups is 2. The van der Waals surface area contributed by atoms with Crippen molar-refractivity contribution >= 4 is 17.5 Å². The molecule has 0 saturated heterocycles. The fraction of sp³-hybridized carbons (Fsp3) is 0.333. The Balaban J connectivity index is 1.85. The minimum Gasteiger partial charge on any atom is -0.320 e. The van der Waals surface area contributed by atoms with E-state index in [9.17, 15) is 9.59 Å². The summed E-state index contributed by atoms with van der Waals surface area (Å²) in [6, 6.07) is 15.1. The Labute approximate surface area is 153 Å². The van der Waals surface area contributed by atoms with Gasteiger partial charge in [-0.15, -0.1) is 0 Å². The van der Waals surface area contributed by atoms with Gasteiger partial charge in [0.2, 0.25) is 0 Å². The smallest absolute Gasteiger partial charge is 0.255 e. The molecular formula is C21H23N3O2. The van der Waals surface area contributed by atoms with Gasteiger partial charge in [-0.3, -0.25) is 15.0 Å². The Morgan fingerprint density at radius 2 is 1.81 bits per heavy atom. The molecule has 2 aromatic carbocycles. The summed E-state index contributed by atoms with van der Waals surface area (Å²) in [5, 5.41) is 1.41. The molecule has 1 aliphatic carbocycles. The minimum atomic E-state index is -0.692. The molecule has 4 rings (SSSR count). The molecule has 2 amide bonds. The molecule has 0 bridgehead atoms. The minimum absolute atomic E-state index is 0.0942. The predicted octanol–water partition coefficient (Wildman–Crippen LogP) is 2.96. The Bertz CT molecular complexity index is 858. The first-order chi connectivity index (χ1) is 12.6. The summed E-state index contributed by atoms with van der Waals surface area (Å²) in [5.41, 5.74) is 12.2. The maximum atomic E-state index is 13.5. The Morgan fingerprint density at radius 1 is 1.15 bits per heavy atom. The summed E-state index contributed by atoms with van der Waals surface area (Å²) in [4.78, 5) is 25.7. The van der Waals surface area contributed by atoms with Crippen LogP contribution in [0.1, 0.15) is 37.7 Å². The lowest BCUT2D eigenvalue weighted by atomic mass is 9.88. The van der Waals surface area contributed by atoms with E-state index in [1.54, 1.807) is 6.92 Å². The molecule has 2 aromatic rings. The van der Waals surface area contributed by atoms with Crippen LogP contribution in [0.2, 0.25) is 0 Å². The van der Waals surface area contributed by atoms with Crippen molar-refractivity contribution in [1.29, 1.82) is 0 Å². The van der Waals surface area contributed by atoms with Crippen LogP contribution in [-0.4, -0.2) is 17.9 Å². The molecule has 1 heterocycles. The van der Waals surface area contributed by atoms with E-state index in [2.05, 4.69) is 11.5 Å². The zero-order valence-corrected chi connectivity index (χ0v) is 14.8. The van der Waals surface area contributed by atoms with Crippen molar-refractivity contribution in [3.8, 4) is 11.1 Å². The number of fused-ring (bicyclic) bond motifs is 3. The molecule has 0 radical (unpaired) electrons. The van der Waals surface area contributed by atoms with Gasteiger partial charge in [-0.1, -0.05) is 55.3 Å². The summed E-state index contributed by atoms with van der Waals surface area (Å²) in [7, 11) is 0. The molecule has 1 aliphatic heterocycles. The van der Waals surface area contributed by atoms with Gasteiger partial charge in [-0.25, -0.2) is 5.01 Å². The van der Waals surface area contributed by atoms with Crippen LogP contribution in [0, 0.1) is 5.92 Å². The number of nitrogens with two attached hydrogens (primary N) is 1. The molecule has 5 nitrogen and oxygen atoms in total. The van der Waals surface area contributed by atoms with Gasteiger partial charge in [0.25, 0.3) is 11.8 Å². The lowest BCUT2D eigenvalue weighted by molar-refractivity contribution is -0.127. The fourth-order valence-corrected chi connectivity index (χ4v) is 3.59. The lowest BCUT2D eigenvalue weighted by Crippen LogP contribution is -2.52. The van der Waals surface area contributed by atoms with E-state index in [0.29, 0.717) is 11.6 Å². The fourth-order valence-electron chi connectivity index (χ4n) is 3.59. The normalized spacial score (nSPS) is 20.0. The summed E-state index contributed by atoms with van der Waals surface area (Å²) in [5.74, 6) is -0.142. The van der Waals surface area contributed by atoms with Crippen LogP contribution in [0.15, 0.2) is 48.5 Å². The van der Waals surface area contributed by atoms with Crippen LogP contribution in [-0.2, 0) is 9.59 Å². The van der Waals surface area contributed by atoms with Gasteiger partial charge in [0.15, 0.2) is 0 Å². The van der Waals surface area contributed by atoms with Gasteiger partial charge >= 0.3 is 0 Å². The van der Waals surface area contributed by atoms with Gasteiger partial charge in [0.1, 0.15) is 0 Å². The molecule has 2 atom stereocenters. The highest BCUT2D eigenvalue weighted by molar-refractivity contribution is 6.06. The third-order valence-corrected chi connectivity index (χ3v) is 5.19. The zero-order chi connectivity index (χ0) is 18.3. The molecule has 1 unspecified atom stereocenters. The summed E-state index contributed by atoms with van der Waals surface area (Å²) in [6.45, 7) is 1.61. The highest BCUT2D eigenvalue weighted by atomic mass is 16.2. The second-order valence-electron chi connectivity index (χ2n) is 7.27. The summed E-state index contributed by atoms with van der Waals surface area (Å²) < 4.78 is 0. The average molecular weight is 349 g/mol. The van der Waals surface area contributed by atoms with Crippen LogP contribution in [0.4, 0.5) is 5.69 Å². The second-order valence-corrected chi connectivity index (χ2v) is 7.27. The number of nitrogens with zero attached hydrogens (tertiary/aromatic N) is 1. The van der Waals surface area contributed by atoms with Crippen molar-refractivity contribution in [2.45, 2.75) is 38.1 Å². The van der Waals surface area contributed by atoms with Gasteiger partial charge in [0.05, 0.1) is 17.6 Å². The Morgan fingerprint density at radius 3 is 2.50 bits per heavy atom. The van der Waals surface area contributed by atoms with E-state index in [0.717, 1.165) is 23.1 Å². The van der Waals surface area contributed by atoms with E-state index >= 15 is 0 Å². The third kappa shape index (κ3) is 2.99. The number of rotatable bonds is 4. The van der Waals surface area contributed by atoms with Crippen molar-refractivity contribution in [1.82, 2.24) is 5.43 Å². The van der Waals surface area contributed by atoms with Crippen molar-refractivity contribution in [2.24, 2.45) is 11.7 Å². The molecule has 134 valence electrons. The van der Waals surface area contributed by atoms with E-state index < -0.39 is 6.04 Å². The summed E-state index contributed by atoms with van der Waals surface area (Å²) >= 11 is 0. The van der Waals surface area contributed by atoms with E-state index in [-0.39, 0.29) is 17.7 Å². The van der Waals surface area contributed by atoms with E-state index in [1.807, 2.05) is 42.5 Å². The van der Waals surface area contributed by atoms with E-state index in [4.69, 9.17) is 5.73 Å². The van der Waals surface area contributed by atoms with Gasteiger partial charge in [0, 0.05) is 5.56 Å². The van der Waals surface area contributed by atoms with Crippen LogP contribution in [0.3, 0.4) is 0 Å². The lowest BCUT2D eigenvalue weighted by Gasteiger charge is -2.27. The van der Waals surface area contributed by atoms with Crippen LogP contribution >= 0.6 is 0 Å². The molecule has 26 heavy (non-hydrogen) atoms. The molecule has 1 saturated carbocycles. The molecule has 3 N–H and O–H groups in total. The first-order valence-corrected chi connectivity index (χ1v) is 9.14. The maximum Gasteiger partial charge on any atom is 0.255 e. The number of hydrogen-bond donors (Lipinski definition) is 2. The SMILES string of the molecule is C[C@H](N)C(=O)NN1C(=O)C(CC2CC2)c2ccccc2-c2ccccc21. The monoisotopic (exact) mass is 349 g/mol. The number of amides is 2. The van der Waals surface area contributed by atoms with Crippen LogP contribution in [0.5, 0.6) is 0 Å².